The number of ether oxygens (including phenoxy) is 5. The third kappa shape index (κ3) is 4.36. The van der Waals surface area contributed by atoms with Crippen LogP contribution >= 0.6 is 0 Å². The Kier molecular flexibility index (Phi) is 6.83. The number of likely N-dealkylation sites (tertiary alicyclic amines) is 1. The number of carbonyl (C=O) groups excluding carboxylic acids is 2. The summed E-state index contributed by atoms with van der Waals surface area (Å²) in [6, 6.07) is 16.6. The first-order chi connectivity index (χ1) is 18.5. The number of hydrogen-bond donors (Lipinski definition) is 1. The fourth-order valence-corrected chi connectivity index (χ4v) is 4.78. The zero-order valence-corrected chi connectivity index (χ0v) is 21.2. The number of ketones is 1. The maximum Gasteiger partial charge on any atom is 0.295 e. The average Bonchev–Trinajstić information content (AvgIpc) is 3.21. The first-order valence-electron chi connectivity index (χ1n) is 12.0. The minimum absolute atomic E-state index is 0.0584. The lowest BCUT2D eigenvalue weighted by Crippen LogP contribution is -2.29. The molecule has 1 atom stereocenters. The molecule has 1 unspecified atom stereocenters. The average molecular weight is 518 g/mol. The molecular formula is C29H27NO8. The highest BCUT2D eigenvalue weighted by Gasteiger charge is 2.46. The molecule has 1 fully saturated rings. The number of methoxy groups -OCH3 is 3. The van der Waals surface area contributed by atoms with E-state index < -0.39 is 17.7 Å². The van der Waals surface area contributed by atoms with Gasteiger partial charge in [-0.1, -0.05) is 30.3 Å². The second-order valence-electron chi connectivity index (χ2n) is 8.73. The topological polar surface area (TPSA) is 104 Å². The third-order valence-electron chi connectivity index (χ3n) is 6.55. The van der Waals surface area contributed by atoms with Gasteiger partial charge in [-0.05, 0) is 41.5 Å². The maximum atomic E-state index is 13.5. The van der Waals surface area contributed by atoms with E-state index in [0.29, 0.717) is 53.1 Å². The molecule has 196 valence electrons. The molecule has 1 amide bonds. The Morgan fingerprint density at radius 1 is 0.895 bits per heavy atom. The number of amides is 1. The molecule has 2 heterocycles. The Balaban J connectivity index is 1.70. The van der Waals surface area contributed by atoms with Crippen molar-refractivity contribution in [1.29, 1.82) is 0 Å². The lowest BCUT2D eigenvalue weighted by atomic mass is 9.94. The van der Waals surface area contributed by atoms with Crippen LogP contribution in [0, 0.1) is 0 Å². The Labute approximate surface area is 219 Å². The molecule has 9 nitrogen and oxygen atoms in total. The number of rotatable bonds is 7. The fraction of sp³-hybridized carbons (Fsp3) is 0.241. The van der Waals surface area contributed by atoms with Crippen LogP contribution < -0.4 is 23.7 Å². The van der Waals surface area contributed by atoms with Gasteiger partial charge in [-0.15, -0.1) is 0 Å². The summed E-state index contributed by atoms with van der Waals surface area (Å²) in [5.41, 5.74) is 1.60. The molecule has 1 N–H and O–H groups in total. The number of nitrogens with zero attached hydrogens (tertiary/aromatic N) is 1. The van der Waals surface area contributed by atoms with Crippen molar-refractivity contribution in [2.24, 2.45) is 0 Å². The Morgan fingerprint density at radius 2 is 1.55 bits per heavy atom. The molecule has 0 aromatic heterocycles. The van der Waals surface area contributed by atoms with Crippen LogP contribution in [0.1, 0.15) is 22.7 Å². The number of carbonyl (C=O) groups is 2. The quantitative estimate of drug-likeness (QED) is 0.284. The van der Waals surface area contributed by atoms with Crippen molar-refractivity contribution >= 4 is 17.4 Å². The first kappa shape index (κ1) is 25.0. The molecule has 2 aliphatic rings. The van der Waals surface area contributed by atoms with E-state index in [1.165, 1.54) is 26.2 Å². The summed E-state index contributed by atoms with van der Waals surface area (Å²) in [5.74, 6) is 0.207. The standard InChI is InChI=1S/C29H27NO8/c1-34-22-14-19(15-23(35-2)28(22)36-3)25-24(26(31)18-9-10-20-21(13-18)38-12-11-37-20)27(32)29(33)30(25)16-17-7-5-4-6-8-17/h4-10,13-15,25,31H,11-12,16H2,1-3H3/b26-24-. The van der Waals surface area contributed by atoms with E-state index in [0.717, 1.165) is 5.56 Å². The molecule has 0 aliphatic carbocycles. The van der Waals surface area contributed by atoms with E-state index in [2.05, 4.69) is 0 Å². The lowest BCUT2D eigenvalue weighted by molar-refractivity contribution is -0.140. The largest absolute Gasteiger partial charge is 0.507 e. The molecule has 0 spiro atoms. The predicted molar refractivity (Wildman–Crippen MR) is 138 cm³/mol. The van der Waals surface area contributed by atoms with Crippen LogP contribution in [0.4, 0.5) is 0 Å². The predicted octanol–water partition coefficient (Wildman–Crippen LogP) is 4.11. The summed E-state index contributed by atoms with van der Waals surface area (Å²) in [6.45, 7) is 0.929. The van der Waals surface area contributed by atoms with E-state index >= 15 is 0 Å². The zero-order valence-electron chi connectivity index (χ0n) is 21.2. The number of fused-ring (bicyclic) bond motifs is 1. The van der Waals surface area contributed by atoms with Gasteiger partial charge in [0, 0.05) is 12.1 Å². The van der Waals surface area contributed by atoms with Crippen molar-refractivity contribution in [3.8, 4) is 28.7 Å². The number of benzene rings is 3. The van der Waals surface area contributed by atoms with Gasteiger partial charge >= 0.3 is 0 Å². The van der Waals surface area contributed by atoms with E-state index in [-0.39, 0.29) is 17.9 Å². The maximum absolute atomic E-state index is 13.5. The summed E-state index contributed by atoms with van der Waals surface area (Å²) in [6.07, 6.45) is 0. The van der Waals surface area contributed by atoms with Crippen LogP contribution in [0.5, 0.6) is 28.7 Å². The second-order valence-corrected chi connectivity index (χ2v) is 8.73. The second kappa shape index (κ2) is 10.4. The summed E-state index contributed by atoms with van der Waals surface area (Å²) in [7, 11) is 4.46. The van der Waals surface area contributed by atoms with Crippen molar-refractivity contribution in [1.82, 2.24) is 4.90 Å². The van der Waals surface area contributed by atoms with Crippen molar-refractivity contribution in [2.45, 2.75) is 12.6 Å². The van der Waals surface area contributed by atoms with Crippen molar-refractivity contribution in [3.05, 3.63) is 82.9 Å². The molecule has 0 bridgehead atoms. The molecule has 3 aromatic carbocycles. The number of Topliss-reactive ketones (excluding diaryl/α,β-unsaturated/α-hetero) is 1. The SMILES string of the molecule is COc1cc(C2/C(=C(/O)c3ccc4c(c3)OCCO4)C(=O)C(=O)N2Cc2ccccc2)cc(OC)c1OC. The van der Waals surface area contributed by atoms with Crippen LogP contribution in [0.2, 0.25) is 0 Å². The highest BCUT2D eigenvalue weighted by Crippen LogP contribution is 2.46. The summed E-state index contributed by atoms with van der Waals surface area (Å²) >= 11 is 0. The Hall–Kier alpha value is -4.66. The van der Waals surface area contributed by atoms with Gasteiger partial charge in [0.05, 0.1) is 32.9 Å². The van der Waals surface area contributed by atoms with Gasteiger partial charge in [0.25, 0.3) is 11.7 Å². The van der Waals surface area contributed by atoms with Gasteiger partial charge < -0.3 is 33.7 Å². The van der Waals surface area contributed by atoms with Gasteiger partial charge in [-0.3, -0.25) is 9.59 Å². The van der Waals surface area contributed by atoms with Gasteiger partial charge in [0.15, 0.2) is 23.0 Å². The van der Waals surface area contributed by atoms with Crippen LogP contribution in [-0.2, 0) is 16.1 Å². The van der Waals surface area contributed by atoms with E-state index in [1.54, 1.807) is 30.3 Å². The highest BCUT2D eigenvalue weighted by atomic mass is 16.6. The smallest absolute Gasteiger partial charge is 0.295 e. The van der Waals surface area contributed by atoms with Crippen molar-refractivity contribution < 1.29 is 38.4 Å². The molecular weight excluding hydrogens is 490 g/mol. The molecule has 5 rings (SSSR count). The summed E-state index contributed by atoms with van der Waals surface area (Å²) < 4.78 is 27.7. The molecule has 3 aromatic rings. The van der Waals surface area contributed by atoms with Gasteiger partial charge in [-0.2, -0.15) is 0 Å². The van der Waals surface area contributed by atoms with Crippen molar-refractivity contribution in [2.75, 3.05) is 34.5 Å². The molecule has 2 aliphatic heterocycles. The first-order valence-corrected chi connectivity index (χ1v) is 12.0. The fourth-order valence-electron chi connectivity index (χ4n) is 4.78. The molecule has 38 heavy (non-hydrogen) atoms. The molecule has 0 radical (unpaired) electrons. The van der Waals surface area contributed by atoms with Gasteiger partial charge in [-0.25, -0.2) is 0 Å². The minimum atomic E-state index is -0.933. The number of aliphatic hydroxyl groups is 1. The van der Waals surface area contributed by atoms with Crippen LogP contribution in [-0.4, -0.2) is 56.2 Å². The summed E-state index contributed by atoms with van der Waals surface area (Å²) in [5, 5.41) is 11.5. The van der Waals surface area contributed by atoms with Gasteiger partial charge in [0.2, 0.25) is 5.75 Å². The van der Waals surface area contributed by atoms with E-state index in [4.69, 9.17) is 23.7 Å². The van der Waals surface area contributed by atoms with E-state index in [9.17, 15) is 14.7 Å². The number of aliphatic hydroxyl groups excluding tert-OH is 1. The van der Waals surface area contributed by atoms with Crippen LogP contribution in [0.15, 0.2) is 66.2 Å². The Bertz CT molecular complexity index is 1390. The monoisotopic (exact) mass is 517 g/mol. The summed E-state index contributed by atoms with van der Waals surface area (Å²) in [4.78, 5) is 28.3. The third-order valence-corrected chi connectivity index (χ3v) is 6.55. The Morgan fingerprint density at radius 3 is 2.18 bits per heavy atom. The highest BCUT2D eigenvalue weighted by molar-refractivity contribution is 6.46. The van der Waals surface area contributed by atoms with Gasteiger partial charge in [0.1, 0.15) is 19.0 Å². The minimum Gasteiger partial charge on any atom is -0.507 e. The van der Waals surface area contributed by atoms with Crippen LogP contribution in [0.25, 0.3) is 5.76 Å². The van der Waals surface area contributed by atoms with Crippen LogP contribution in [0.3, 0.4) is 0 Å². The molecule has 9 heteroatoms. The van der Waals surface area contributed by atoms with Crippen molar-refractivity contribution in [3.63, 3.8) is 0 Å². The number of hydrogen-bond acceptors (Lipinski definition) is 8. The lowest BCUT2D eigenvalue weighted by Gasteiger charge is -2.27. The molecule has 1 saturated heterocycles. The normalized spacial score (nSPS) is 17.9. The molecule has 0 saturated carbocycles. The zero-order chi connectivity index (χ0) is 26.8. The van der Waals surface area contributed by atoms with E-state index in [1.807, 2.05) is 30.3 Å².